The summed E-state index contributed by atoms with van der Waals surface area (Å²) in [6, 6.07) is 0. The molecule has 3 aliphatic rings. The van der Waals surface area contributed by atoms with E-state index in [0.29, 0.717) is 0 Å². The lowest BCUT2D eigenvalue weighted by molar-refractivity contribution is 0.159. The van der Waals surface area contributed by atoms with Crippen molar-refractivity contribution in [3.05, 3.63) is 24.3 Å². The van der Waals surface area contributed by atoms with Crippen molar-refractivity contribution >= 4 is 0 Å². The lowest BCUT2D eigenvalue weighted by Crippen LogP contribution is -2.25. The second-order valence-electron chi connectivity index (χ2n) is 9.97. The zero-order chi connectivity index (χ0) is 19.6. The van der Waals surface area contributed by atoms with Crippen LogP contribution in [0.1, 0.15) is 111 Å². The molecule has 3 aliphatic carbocycles. The molecule has 0 amide bonds. The second kappa shape index (κ2) is 12.1. The maximum absolute atomic E-state index is 4.43. The zero-order valence-electron chi connectivity index (χ0n) is 19.0. The standard InChI is InChI=1S/C25H42.C2H6/c1-19-7-11-22(12-8-19)6-4-5-21(3)23-15-17-25(18-16-23)24-13-9-20(2)10-14-24;1-2/h4-5,19-20,22-25H,3,6-18H2,1-2H3;1-2H3/b5-4-;. The van der Waals surface area contributed by atoms with Crippen LogP contribution in [0, 0.1) is 35.5 Å². The Bertz CT molecular complexity index is 421. The third kappa shape index (κ3) is 7.43. The second-order valence-corrected chi connectivity index (χ2v) is 9.97. The van der Waals surface area contributed by atoms with Gasteiger partial charge < -0.3 is 0 Å². The highest BCUT2D eigenvalue weighted by molar-refractivity contribution is 5.18. The first-order valence-corrected chi connectivity index (χ1v) is 12.5. The molecule has 3 saturated carbocycles. The van der Waals surface area contributed by atoms with Gasteiger partial charge in [-0.3, -0.25) is 0 Å². The Morgan fingerprint density at radius 2 is 1.15 bits per heavy atom. The maximum Gasteiger partial charge on any atom is -0.0168 e. The third-order valence-corrected chi connectivity index (χ3v) is 7.96. The van der Waals surface area contributed by atoms with Crippen LogP contribution >= 0.6 is 0 Å². The van der Waals surface area contributed by atoms with Gasteiger partial charge in [-0.25, -0.2) is 0 Å². The largest absolute Gasteiger partial charge is 0.0956 e. The third-order valence-electron chi connectivity index (χ3n) is 7.96. The first-order chi connectivity index (χ1) is 13.1. The molecule has 0 heteroatoms. The van der Waals surface area contributed by atoms with Gasteiger partial charge in [-0.1, -0.05) is 77.7 Å². The van der Waals surface area contributed by atoms with Gasteiger partial charge in [0, 0.05) is 0 Å². The zero-order valence-corrected chi connectivity index (χ0v) is 19.0. The van der Waals surface area contributed by atoms with Crippen molar-refractivity contribution in [2.75, 3.05) is 0 Å². The van der Waals surface area contributed by atoms with Crippen LogP contribution in [0.25, 0.3) is 0 Å². The van der Waals surface area contributed by atoms with Gasteiger partial charge in [0.05, 0.1) is 0 Å². The smallest absolute Gasteiger partial charge is 0.0168 e. The van der Waals surface area contributed by atoms with Crippen LogP contribution in [0.4, 0.5) is 0 Å². The fourth-order valence-corrected chi connectivity index (χ4v) is 5.83. The predicted octanol–water partition coefficient (Wildman–Crippen LogP) is 8.97. The highest BCUT2D eigenvalue weighted by Crippen LogP contribution is 2.42. The van der Waals surface area contributed by atoms with E-state index in [0.717, 1.165) is 35.5 Å². The molecular weight excluding hydrogens is 324 g/mol. The van der Waals surface area contributed by atoms with Gasteiger partial charge in [-0.2, -0.15) is 0 Å². The Labute approximate surface area is 171 Å². The van der Waals surface area contributed by atoms with E-state index in [9.17, 15) is 0 Å². The first-order valence-electron chi connectivity index (χ1n) is 12.5. The van der Waals surface area contributed by atoms with Crippen LogP contribution in [0.2, 0.25) is 0 Å². The summed E-state index contributed by atoms with van der Waals surface area (Å²) in [4.78, 5) is 0. The van der Waals surface area contributed by atoms with Crippen LogP contribution in [0.5, 0.6) is 0 Å². The van der Waals surface area contributed by atoms with Crippen molar-refractivity contribution < 1.29 is 0 Å². The Morgan fingerprint density at radius 3 is 1.67 bits per heavy atom. The molecule has 0 aromatic rings. The molecule has 0 radical (unpaired) electrons. The maximum atomic E-state index is 4.43. The van der Waals surface area contributed by atoms with Crippen LogP contribution in [-0.4, -0.2) is 0 Å². The molecule has 0 aliphatic heterocycles. The van der Waals surface area contributed by atoms with E-state index in [4.69, 9.17) is 0 Å². The summed E-state index contributed by atoms with van der Waals surface area (Å²) >= 11 is 0. The molecular formula is C27H48. The summed E-state index contributed by atoms with van der Waals surface area (Å²) in [6.07, 6.45) is 23.7. The molecule has 0 atom stereocenters. The van der Waals surface area contributed by atoms with Crippen LogP contribution in [0.3, 0.4) is 0 Å². The minimum Gasteiger partial charge on any atom is -0.0956 e. The quantitative estimate of drug-likeness (QED) is 0.422. The molecule has 0 saturated heterocycles. The Kier molecular flexibility index (Phi) is 10.2. The molecule has 0 aromatic carbocycles. The molecule has 0 N–H and O–H groups in total. The number of rotatable bonds is 5. The molecule has 0 heterocycles. The molecule has 0 bridgehead atoms. The van der Waals surface area contributed by atoms with Crippen molar-refractivity contribution in [2.45, 2.75) is 111 Å². The summed E-state index contributed by atoms with van der Waals surface area (Å²) < 4.78 is 0. The minimum absolute atomic E-state index is 0.779. The van der Waals surface area contributed by atoms with Gasteiger partial charge in [0.1, 0.15) is 0 Å². The SMILES string of the molecule is C=C(/C=C\CC1CCC(C)CC1)C1CCC(C2CCC(C)CC2)CC1.CC. The summed E-state index contributed by atoms with van der Waals surface area (Å²) in [6.45, 7) is 13.3. The summed E-state index contributed by atoms with van der Waals surface area (Å²) in [5.41, 5.74) is 1.43. The Morgan fingerprint density at radius 1 is 0.704 bits per heavy atom. The van der Waals surface area contributed by atoms with Gasteiger partial charge >= 0.3 is 0 Å². The van der Waals surface area contributed by atoms with Crippen molar-refractivity contribution in [1.29, 1.82) is 0 Å². The number of allylic oxidation sites excluding steroid dienone is 3. The van der Waals surface area contributed by atoms with E-state index in [2.05, 4.69) is 32.6 Å². The normalized spacial score (nSPS) is 37.5. The van der Waals surface area contributed by atoms with E-state index in [1.54, 1.807) is 0 Å². The van der Waals surface area contributed by atoms with Crippen molar-refractivity contribution in [2.24, 2.45) is 35.5 Å². The minimum atomic E-state index is 0.779. The van der Waals surface area contributed by atoms with Crippen molar-refractivity contribution in [3.8, 4) is 0 Å². The Hall–Kier alpha value is -0.520. The molecule has 0 unspecified atom stereocenters. The molecule has 0 spiro atoms. The highest BCUT2D eigenvalue weighted by Gasteiger charge is 2.30. The van der Waals surface area contributed by atoms with Crippen LogP contribution in [0.15, 0.2) is 24.3 Å². The van der Waals surface area contributed by atoms with Gasteiger partial charge in [-0.05, 0) is 93.3 Å². The van der Waals surface area contributed by atoms with Crippen molar-refractivity contribution in [3.63, 3.8) is 0 Å². The monoisotopic (exact) mass is 372 g/mol. The molecule has 0 aromatic heterocycles. The molecule has 156 valence electrons. The highest BCUT2D eigenvalue weighted by atomic mass is 14.4. The number of hydrogen-bond donors (Lipinski definition) is 0. The van der Waals surface area contributed by atoms with Gasteiger partial charge in [0.25, 0.3) is 0 Å². The van der Waals surface area contributed by atoms with Gasteiger partial charge in [0.2, 0.25) is 0 Å². The molecule has 0 nitrogen and oxygen atoms in total. The average Bonchev–Trinajstić information content (AvgIpc) is 2.72. The van der Waals surface area contributed by atoms with E-state index in [1.165, 1.54) is 89.0 Å². The summed E-state index contributed by atoms with van der Waals surface area (Å²) in [5.74, 6) is 5.77. The fraction of sp³-hybridized carbons (Fsp3) is 0.852. The van der Waals surface area contributed by atoms with E-state index < -0.39 is 0 Å². The number of hydrogen-bond acceptors (Lipinski definition) is 0. The van der Waals surface area contributed by atoms with E-state index in [1.807, 2.05) is 13.8 Å². The molecule has 27 heavy (non-hydrogen) atoms. The summed E-state index contributed by atoms with van der Waals surface area (Å²) in [7, 11) is 0. The fourth-order valence-electron chi connectivity index (χ4n) is 5.83. The van der Waals surface area contributed by atoms with E-state index in [-0.39, 0.29) is 0 Å². The predicted molar refractivity (Wildman–Crippen MR) is 122 cm³/mol. The van der Waals surface area contributed by atoms with E-state index >= 15 is 0 Å². The molecule has 3 rings (SSSR count). The molecule has 3 fully saturated rings. The first kappa shape index (κ1) is 22.8. The van der Waals surface area contributed by atoms with Gasteiger partial charge in [0.15, 0.2) is 0 Å². The van der Waals surface area contributed by atoms with Crippen LogP contribution in [-0.2, 0) is 0 Å². The lowest BCUT2D eigenvalue weighted by Gasteiger charge is -2.37. The lowest BCUT2D eigenvalue weighted by atomic mass is 9.68. The topological polar surface area (TPSA) is 0 Å². The van der Waals surface area contributed by atoms with Crippen LogP contribution < -0.4 is 0 Å². The van der Waals surface area contributed by atoms with Crippen molar-refractivity contribution in [1.82, 2.24) is 0 Å². The van der Waals surface area contributed by atoms with Gasteiger partial charge in [-0.15, -0.1) is 0 Å². The Balaban J connectivity index is 0.00000126. The average molecular weight is 373 g/mol. The summed E-state index contributed by atoms with van der Waals surface area (Å²) in [5, 5.41) is 0.